The summed E-state index contributed by atoms with van der Waals surface area (Å²) in [5.41, 5.74) is 2.51. The van der Waals surface area contributed by atoms with Crippen molar-refractivity contribution < 1.29 is 4.74 Å². The van der Waals surface area contributed by atoms with Crippen molar-refractivity contribution in [3.63, 3.8) is 0 Å². The van der Waals surface area contributed by atoms with Crippen LogP contribution in [0.5, 0.6) is 0 Å². The van der Waals surface area contributed by atoms with Gasteiger partial charge in [-0.3, -0.25) is 0 Å². The summed E-state index contributed by atoms with van der Waals surface area (Å²) in [5.74, 6) is 6.48. The lowest BCUT2D eigenvalue weighted by Crippen LogP contribution is -2.27. The number of nitrogens with two attached hydrogens (primary N) is 1. The molecule has 0 aliphatic heterocycles. The van der Waals surface area contributed by atoms with Crippen LogP contribution < -0.4 is 10.9 Å². The maximum atomic E-state index is 6.02. The molecule has 0 aliphatic rings. The number of hydrogen-bond donors (Lipinski definition) is 1. The Morgan fingerprint density at radius 1 is 1.22 bits per heavy atom. The molecule has 0 spiro atoms. The number of aryl methyl sites for hydroxylation is 1. The maximum Gasteiger partial charge on any atom is 0.245 e. The molecule has 0 bridgehead atoms. The molecular formula is C13H16N4O. The van der Waals surface area contributed by atoms with Gasteiger partial charge in [-0.2, -0.15) is 0 Å². The van der Waals surface area contributed by atoms with Crippen molar-refractivity contribution in [3.05, 3.63) is 47.8 Å². The largest absolute Gasteiger partial charge is 0.378 e. The Kier molecular flexibility index (Phi) is 3.86. The van der Waals surface area contributed by atoms with E-state index in [2.05, 4.69) is 9.97 Å². The van der Waals surface area contributed by atoms with Gasteiger partial charge in [0.25, 0.3) is 0 Å². The van der Waals surface area contributed by atoms with Crippen LogP contribution in [0.15, 0.2) is 36.4 Å². The maximum absolute atomic E-state index is 6.02. The normalized spacial score (nSPS) is 10.4. The van der Waals surface area contributed by atoms with E-state index in [0.29, 0.717) is 12.6 Å². The second kappa shape index (κ2) is 5.57. The van der Waals surface area contributed by atoms with Crippen LogP contribution in [0.2, 0.25) is 0 Å². The van der Waals surface area contributed by atoms with E-state index in [9.17, 15) is 0 Å². The summed E-state index contributed by atoms with van der Waals surface area (Å²) >= 11 is 0. The Hall–Kier alpha value is -1.98. The van der Waals surface area contributed by atoms with Crippen LogP contribution in [0, 0.1) is 6.92 Å². The van der Waals surface area contributed by atoms with Crippen molar-refractivity contribution in [1.82, 2.24) is 9.97 Å². The fourth-order valence-corrected chi connectivity index (χ4v) is 1.65. The molecule has 0 unspecified atom stereocenters. The number of hydrazine groups is 1. The molecule has 5 nitrogen and oxygen atoms in total. The number of nitrogens with zero attached hydrogens (tertiary/aromatic N) is 3. The highest BCUT2D eigenvalue weighted by Crippen LogP contribution is 2.18. The zero-order valence-electron chi connectivity index (χ0n) is 10.5. The third-order valence-electron chi connectivity index (χ3n) is 2.44. The highest BCUT2D eigenvalue weighted by molar-refractivity contribution is 5.55. The summed E-state index contributed by atoms with van der Waals surface area (Å²) in [6.45, 7) is 2.35. The number of hydrogen-bond acceptors (Lipinski definition) is 5. The highest BCUT2D eigenvalue weighted by atomic mass is 16.5. The zero-order chi connectivity index (χ0) is 13.0. The van der Waals surface area contributed by atoms with Crippen molar-refractivity contribution in [3.8, 4) is 0 Å². The molecule has 0 saturated carbocycles. The van der Waals surface area contributed by atoms with Gasteiger partial charge in [-0.25, -0.2) is 20.8 Å². The number of aromatic nitrogens is 2. The SMILES string of the molecule is COCc1cc(C)nc(N(N)c2ccccc2)n1. The molecule has 94 valence electrons. The van der Waals surface area contributed by atoms with Gasteiger partial charge in [0, 0.05) is 12.8 Å². The first-order valence-electron chi connectivity index (χ1n) is 5.64. The van der Waals surface area contributed by atoms with Crippen molar-refractivity contribution in [1.29, 1.82) is 0 Å². The Bertz CT molecular complexity index is 516. The van der Waals surface area contributed by atoms with E-state index < -0.39 is 0 Å². The van der Waals surface area contributed by atoms with Crippen LogP contribution in [0.3, 0.4) is 0 Å². The summed E-state index contributed by atoms with van der Waals surface area (Å²) < 4.78 is 5.07. The minimum Gasteiger partial charge on any atom is -0.378 e. The first kappa shape index (κ1) is 12.5. The van der Waals surface area contributed by atoms with Crippen LogP contribution in [0.25, 0.3) is 0 Å². The average Bonchev–Trinajstić information content (AvgIpc) is 2.38. The third kappa shape index (κ3) is 2.82. The minimum absolute atomic E-state index is 0.443. The van der Waals surface area contributed by atoms with Gasteiger partial charge in [0.2, 0.25) is 5.95 Å². The Labute approximate surface area is 106 Å². The van der Waals surface area contributed by atoms with E-state index in [1.54, 1.807) is 7.11 Å². The predicted molar refractivity (Wildman–Crippen MR) is 70.3 cm³/mol. The van der Waals surface area contributed by atoms with E-state index in [0.717, 1.165) is 17.1 Å². The monoisotopic (exact) mass is 244 g/mol. The fraction of sp³-hybridized carbons (Fsp3) is 0.231. The number of para-hydroxylation sites is 1. The smallest absolute Gasteiger partial charge is 0.245 e. The number of anilines is 2. The van der Waals surface area contributed by atoms with E-state index in [1.165, 1.54) is 5.01 Å². The topological polar surface area (TPSA) is 64.3 Å². The average molecular weight is 244 g/mol. The van der Waals surface area contributed by atoms with Gasteiger partial charge in [-0.05, 0) is 25.1 Å². The molecule has 2 aromatic rings. The first-order chi connectivity index (χ1) is 8.70. The quantitative estimate of drug-likeness (QED) is 0.657. The van der Waals surface area contributed by atoms with Gasteiger partial charge in [-0.1, -0.05) is 18.2 Å². The molecule has 0 radical (unpaired) electrons. The van der Waals surface area contributed by atoms with Crippen LogP contribution in [0.4, 0.5) is 11.6 Å². The van der Waals surface area contributed by atoms with Gasteiger partial charge in [-0.15, -0.1) is 0 Å². The van der Waals surface area contributed by atoms with Crippen molar-refractivity contribution in [2.75, 3.05) is 12.1 Å². The van der Waals surface area contributed by atoms with Crippen LogP contribution in [-0.2, 0) is 11.3 Å². The molecular weight excluding hydrogens is 228 g/mol. The number of benzene rings is 1. The van der Waals surface area contributed by atoms with Crippen LogP contribution in [-0.4, -0.2) is 17.1 Å². The second-order valence-electron chi connectivity index (χ2n) is 3.94. The summed E-state index contributed by atoms with van der Waals surface area (Å²) in [5, 5.41) is 1.46. The second-order valence-corrected chi connectivity index (χ2v) is 3.94. The number of rotatable bonds is 4. The predicted octanol–water partition coefficient (Wildman–Crippen LogP) is 1.94. The van der Waals surface area contributed by atoms with Gasteiger partial charge in [0.05, 0.1) is 18.0 Å². The lowest BCUT2D eigenvalue weighted by atomic mass is 10.3. The van der Waals surface area contributed by atoms with Gasteiger partial charge in [0.1, 0.15) is 0 Å². The molecule has 2 N–H and O–H groups in total. The number of ether oxygens (including phenoxy) is 1. The molecule has 0 aliphatic carbocycles. The highest BCUT2D eigenvalue weighted by Gasteiger charge is 2.09. The van der Waals surface area contributed by atoms with Crippen molar-refractivity contribution in [2.24, 2.45) is 5.84 Å². The van der Waals surface area contributed by atoms with Gasteiger partial charge < -0.3 is 4.74 Å². The van der Waals surface area contributed by atoms with E-state index in [4.69, 9.17) is 10.6 Å². The Balaban J connectivity index is 2.33. The molecule has 5 heteroatoms. The summed E-state index contributed by atoms with van der Waals surface area (Å²) in [6, 6.07) is 11.5. The Morgan fingerprint density at radius 3 is 2.61 bits per heavy atom. The van der Waals surface area contributed by atoms with E-state index >= 15 is 0 Å². The van der Waals surface area contributed by atoms with E-state index in [-0.39, 0.29) is 0 Å². The minimum atomic E-state index is 0.443. The summed E-state index contributed by atoms with van der Waals surface area (Å²) in [7, 11) is 1.63. The summed E-state index contributed by atoms with van der Waals surface area (Å²) in [6.07, 6.45) is 0. The van der Waals surface area contributed by atoms with Crippen LogP contribution in [0.1, 0.15) is 11.4 Å². The molecule has 0 atom stereocenters. The Morgan fingerprint density at radius 2 is 1.94 bits per heavy atom. The van der Waals surface area contributed by atoms with Crippen LogP contribution >= 0.6 is 0 Å². The zero-order valence-corrected chi connectivity index (χ0v) is 10.5. The fourth-order valence-electron chi connectivity index (χ4n) is 1.65. The number of methoxy groups -OCH3 is 1. The van der Waals surface area contributed by atoms with Crippen molar-refractivity contribution in [2.45, 2.75) is 13.5 Å². The molecule has 1 aromatic heterocycles. The van der Waals surface area contributed by atoms with Crippen molar-refractivity contribution >= 4 is 11.6 Å². The standard InChI is InChI=1S/C13H16N4O/c1-10-8-11(9-18-2)16-13(15-10)17(14)12-6-4-3-5-7-12/h3-8H,9,14H2,1-2H3. The molecule has 2 rings (SSSR count). The molecule has 0 amide bonds. The van der Waals surface area contributed by atoms with Gasteiger partial charge >= 0.3 is 0 Å². The third-order valence-corrected chi connectivity index (χ3v) is 2.44. The molecule has 18 heavy (non-hydrogen) atoms. The van der Waals surface area contributed by atoms with Gasteiger partial charge in [0.15, 0.2) is 0 Å². The molecule has 1 aromatic carbocycles. The molecule has 1 heterocycles. The molecule has 0 fully saturated rings. The lowest BCUT2D eigenvalue weighted by molar-refractivity contribution is 0.181. The van der Waals surface area contributed by atoms with E-state index in [1.807, 2.05) is 43.3 Å². The summed E-state index contributed by atoms with van der Waals surface area (Å²) in [4.78, 5) is 8.69. The lowest BCUT2D eigenvalue weighted by Gasteiger charge is -2.17. The first-order valence-corrected chi connectivity index (χ1v) is 5.64. The molecule has 0 saturated heterocycles.